The van der Waals surface area contributed by atoms with Gasteiger partial charge in [-0.25, -0.2) is 9.67 Å². The van der Waals surface area contributed by atoms with E-state index in [1.54, 1.807) is 0 Å². The predicted octanol–water partition coefficient (Wildman–Crippen LogP) is 2.51. The van der Waals surface area contributed by atoms with Crippen molar-refractivity contribution in [3.63, 3.8) is 0 Å². The van der Waals surface area contributed by atoms with E-state index in [-0.39, 0.29) is 17.0 Å². The highest BCUT2D eigenvalue weighted by Crippen LogP contribution is 2.30. The summed E-state index contributed by atoms with van der Waals surface area (Å²) in [4.78, 5) is 17.4. The number of anilines is 1. The maximum Gasteiger partial charge on any atom is 0.417 e. The molecule has 0 aliphatic carbocycles. The number of halogens is 4. The zero-order chi connectivity index (χ0) is 18.2. The van der Waals surface area contributed by atoms with E-state index in [1.807, 2.05) is 4.90 Å². The minimum Gasteiger partial charge on any atom is -0.472 e. The SMILES string of the molecule is Cn1ncc(N2CCC(Oc3ccc(C(F)(F)F)cn3)C2)c(Cl)c1=O. The molecule has 2 aromatic heterocycles. The zero-order valence-electron chi connectivity index (χ0n) is 13.1. The first-order valence-electron chi connectivity index (χ1n) is 7.42. The maximum absolute atomic E-state index is 12.5. The molecule has 1 fully saturated rings. The van der Waals surface area contributed by atoms with Crippen LogP contribution in [0.25, 0.3) is 0 Å². The van der Waals surface area contributed by atoms with E-state index in [2.05, 4.69) is 10.1 Å². The Labute approximate surface area is 145 Å². The Bertz CT molecular complexity index is 823. The fourth-order valence-corrected chi connectivity index (χ4v) is 2.84. The molecule has 2 aromatic rings. The summed E-state index contributed by atoms with van der Waals surface area (Å²) >= 11 is 6.07. The number of ether oxygens (including phenoxy) is 1. The van der Waals surface area contributed by atoms with Crippen LogP contribution in [0.5, 0.6) is 5.88 Å². The van der Waals surface area contributed by atoms with E-state index in [0.717, 1.165) is 16.9 Å². The van der Waals surface area contributed by atoms with Gasteiger partial charge in [0.2, 0.25) is 5.88 Å². The van der Waals surface area contributed by atoms with E-state index in [1.165, 1.54) is 19.3 Å². The van der Waals surface area contributed by atoms with Crippen molar-refractivity contribution >= 4 is 17.3 Å². The average molecular weight is 375 g/mol. The van der Waals surface area contributed by atoms with Gasteiger partial charge < -0.3 is 9.64 Å². The van der Waals surface area contributed by atoms with Crippen molar-refractivity contribution in [3.05, 3.63) is 45.5 Å². The first kappa shape index (κ1) is 17.5. The number of pyridine rings is 1. The molecule has 1 unspecified atom stereocenters. The Balaban J connectivity index is 1.68. The Kier molecular flexibility index (Phi) is 4.59. The van der Waals surface area contributed by atoms with Gasteiger partial charge in [0.25, 0.3) is 5.56 Å². The van der Waals surface area contributed by atoms with E-state index in [0.29, 0.717) is 25.2 Å². The number of aromatic nitrogens is 3. The minimum atomic E-state index is -4.43. The molecule has 134 valence electrons. The fraction of sp³-hybridized carbons (Fsp3) is 0.400. The molecule has 1 atom stereocenters. The highest BCUT2D eigenvalue weighted by Gasteiger charge is 2.31. The number of rotatable bonds is 3. The van der Waals surface area contributed by atoms with Gasteiger partial charge in [-0.05, 0) is 6.07 Å². The van der Waals surface area contributed by atoms with Crippen LogP contribution in [0, 0.1) is 0 Å². The molecular formula is C15H14ClF3N4O2. The Morgan fingerprint density at radius 1 is 1.32 bits per heavy atom. The molecule has 0 spiro atoms. The molecule has 25 heavy (non-hydrogen) atoms. The fourth-order valence-electron chi connectivity index (χ4n) is 2.55. The number of hydrogen-bond donors (Lipinski definition) is 0. The summed E-state index contributed by atoms with van der Waals surface area (Å²) in [6.45, 7) is 1.01. The van der Waals surface area contributed by atoms with E-state index < -0.39 is 17.3 Å². The monoisotopic (exact) mass is 374 g/mol. The smallest absolute Gasteiger partial charge is 0.417 e. The normalized spacial score (nSPS) is 17.8. The lowest BCUT2D eigenvalue weighted by Crippen LogP contribution is -2.28. The summed E-state index contributed by atoms with van der Waals surface area (Å²) in [5.74, 6) is 0.119. The van der Waals surface area contributed by atoms with Gasteiger partial charge in [0.1, 0.15) is 11.1 Å². The first-order valence-corrected chi connectivity index (χ1v) is 7.80. The summed E-state index contributed by atoms with van der Waals surface area (Å²) in [5, 5.41) is 4.02. The van der Waals surface area contributed by atoms with Gasteiger partial charge in [0, 0.05) is 32.3 Å². The standard InChI is InChI=1S/C15H14ClF3N4O2/c1-22-14(24)13(16)11(7-21-22)23-5-4-10(8-23)25-12-3-2-9(6-20-12)15(17,18)19/h2-3,6-7,10H,4-5,8H2,1H3. The molecule has 6 nitrogen and oxygen atoms in total. The predicted molar refractivity (Wildman–Crippen MR) is 85.0 cm³/mol. The van der Waals surface area contributed by atoms with Gasteiger partial charge in [0.05, 0.1) is 24.0 Å². The largest absolute Gasteiger partial charge is 0.472 e. The molecule has 1 saturated heterocycles. The highest BCUT2D eigenvalue weighted by molar-refractivity contribution is 6.33. The van der Waals surface area contributed by atoms with E-state index >= 15 is 0 Å². The lowest BCUT2D eigenvalue weighted by molar-refractivity contribution is -0.137. The van der Waals surface area contributed by atoms with Crippen molar-refractivity contribution in [1.82, 2.24) is 14.8 Å². The van der Waals surface area contributed by atoms with Gasteiger partial charge in [-0.15, -0.1) is 0 Å². The van der Waals surface area contributed by atoms with Crippen LogP contribution in [-0.4, -0.2) is 34.0 Å². The van der Waals surface area contributed by atoms with Crippen molar-refractivity contribution in [2.24, 2.45) is 7.05 Å². The van der Waals surface area contributed by atoms with Crippen LogP contribution in [0.4, 0.5) is 18.9 Å². The lowest BCUT2D eigenvalue weighted by Gasteiger charge is -2.19. The van der Waals surface area contributed by atoms with Crippen LogP contribution in [0.2, 0.25) is 5.02 Å². The van der Waals surface area contributed by atoms with E-state index in [9.17, 15) is 18.0 Å². The highest BCUT2D eigenvalue weighted by atomic mass is 35.5. The topological polar surface area (TPSA) is 60.3 Å². The Morgan fingerprint density at radius 3 is 2.72 bits per heavy atom. The van der Waals surface area contributed by atoms with E-state index in [4.69, 9.17) is 16.3 Å². The molecule has 0 bridgehead atoms. The van der Waals surface area contributed by atoms with Crippen molar-refractivity contribution in [3.8, 4) is 5.88 Å². The molecule has 0 saturated carbocycles. The second-order valence-electron chi connectivity index (χ2n) is 5.63. The van der Waals surface area contributed by atoms with Gasteiger partial charge in [-0.1, -0.05) is 11.6 Å². The minimum absolute atomic E-state index is 0.0748. The molecule has 3 rings (SSSR count). The molecule has 1 aliphatic rings. The van der Waals surface area contributed by atoms with Crippen LogP contribution in [-0.2, 0) is 13.2 Å². The van der Waals surface area contributed by atoms with Gasteiger partial charge >= 0.3 is 6.18 Å². The zero-order valence-corrected chi connectivity index (χ0v) is 13.9. The van der Waals surface area contributed by atoms with Crippen molar-refractivity contribution in [2.45, 2.75) is 18.7 Å². The molecular weight excluding hydrogens is 361 g/mol. The summed E-state index contributed by atoms with van der Waals surface area (Å²) in [6, 6.07) is 2.12. The van der Waals surface area contributed by atoms with Crippen LogP contribution >= 0.6 is 11.6 Å². The van der Waals surface area contributed by atoms with Crippen molar-refractivity contribution in [2.75, 3.05) is 18.0 Å². The summed E-state index contributed by atoms with van der Waals surface area (Å²) in [7, 11) is 1.50. The second kappa shape index (κ2) is 6.55. The van der Waals surface area contributed by atoms with Gasteiger partial charge in [0.15, 0.2) is 0 Å². The van der Waals surface area contributed by atoms with Crippen molar-refractivity contribution < 1.29 is 17.9 Å². The quantitative estimate of drug-likeness (QED) is 0.826. The lowest BCUT2D eigenvalue weighted by atomic mass is 10.3. The summed E-state index contributed by atoms with van der Waals surface area (Å²) < 4.78 is 44.3. The molecule has 0 radical (unpaired) electrons. The number of alkyl halides is 3. The summed E-state index contributed by atoms with van der Waals surface area (Å²) in [6.07, 6.45) is -1.84. The molecule has 10 heteroatoms. The average Bonchev–Trinajstić information content (AvgIpc) is 3.00. The second-order valence-corrected chi connectivity index (χ2v) is 6.01. The van der Waals surface area contributed by atoms with Gasteiger partial charge in [-0.2, -0.15) is 18.3 Å². The van der Waals surface area contributed by atoms with Crippen LogP contribution < -0.4 is 15.2 Å². The van der Waals surface area contributed by atoms with Crippen LogP contribution in [0.1, 0.15) is 12.0 Å². The third-order valence-corrected chi connectivity index (χ3v) is 4.25. The number of hydrogen-bond acceptors (Lipinski definition) is 5. The molecule has 0 N–H and O–H groups in total. The maximum atomic E-state index is 12.5. The number of nitrogens with zero attached hydrogens (tertiary/aromatic N) is 4. The molecule has 0 aromatic carbocycles. The molecule has 0 amide bonds. The third-order valence-electron chi connectivity index (χ3n) is 3.90. The summed E-state index contributed by atoms with van der Waals surface area (Å²) in [5.41, 5.74) is -0.713. The van der Waals surface area contributed by atoms with Crippen LogP contribution in [0.15, 0.2) is 29.3 Å². The Morgan fingerprint density at radius 2 is 2.08 bits per heavy atom. The first-order chi connectivity index (χ1) is 11.8. The van der Waals surface area contributed by atoms with Crippen molar-refractivity contribution in [1.29, 1.82) is 0 Å². The number of aryl methyl sites for hydroxylation is 1. The molecule has 1 aliphatic heterocycles. The molecule has 3 heterocycles. The van der Waals surface area contributed by atoms with Crippen LogP contribution in [0.3, 0.4) is 0 Å². The third kappa shape index (κ3) is 3.71. The Hall–Kier alpha value is -2.29. The van der Waals surface area contributed by atoms with Gasteiger partial charge in [-0.3, -0.25) is 4.79 Å².